The van der Waals surface area contributed by atoms with E-state index in [2.05, 4.69) is 40.1 Å². The number of imide groups is 1. The van der Waals surface area contributed by atoms with E-state index in [0.29, 0.717) is 34.5 Å². The van der Waals surface area contributed by atoms with Gasteiger partial charge in [-0.1, -0.05) is 32.0 Å². The highest BCUT2D eigenvalue weighted by molar-refractivity contribution is 7.15. The lowest BCUT2D eigenvalue weighted by molar-refractivity contribution is -0.123. The van der Waals surface area contributed by atoms with Crippen molar-refractivity contribution in [1.29, 1.82) is 0 Å². The minimum absolute atomic E-state index is 0.311. The Hall–Kier alpha value is -3.52. The number of thiazole rings is 1. The summed E-state index contributed by atoms with van der Waals surface area (Å²) in [6.07, 6.45) is 8.15. The maximum atomic E-state index is 13.0. The third-order valence-corrected chi connectivity index (χ3v) is 7.04. The second kappa shape index (κ2) is 6.49. The molecule has 0 saturated carbocycles. The molecule has 3 aliphatic rings. The first-order valence-electron chi connectivity index (χ1n) is 10.2. The van der Waals surface area contributed by atoms with Crippen LogP contribution in [0.15, 0.2) is 58.9 Å². The number of amides is 2. The van der Waals surface area contributed by atoms with Crippen LogP contribution >= 0.6 is 11.3 Å². The van der Waals surface area contributed by atoms with Crippen LogP contribution in [-0.4, -0.2) is 33.0 Å². The minimum atomic E-state index is -0.420. The van der Waals surface area contributed by atoms with E-state index in [1.165, 1.54) is 16.9 Å². The van der Waals surface area contributed by atoms with Gasteiger partial charge in [-0.2, -0.15) is 0 Å². The lowest BCUT2D eigenvalue weighted by Crippen LogP contribution is -2.32. The van der Waals surface area contributed by atoms with Crippen LogP contribution in [0, 0.1) is 5.92 Å². The number of rotatable bonds is 3. The molecule has 0 radical (unpaired) electrons. The number of hydrogen-bond acceptors (Lipinski definition) is 6. The molecule has 0 saturated heterocycles. The van der Waals surface area contributed by atoms with Gasteiger partial charge in [0, 0.05) is 41.8 Å². The number of fused-ring (bicyclic) bond motifs is 1. The number of aliphatic imine (C=N–C) groups is 1. The smallest absolute Gasteiger partial charge is 0.261 e. The van der Waals surface area contributed by atoms with Gasteiger partial charge in [-0.25, -0.2) is 4.98 Å². The number of hydrogen-bond donors (Lipinski definition) is 1. The van der Waals surface area contributed by atoms with Crippen LogP contribution in [0.4, 0.5) is 5.69 Å². The van der Waals surface area contributed by atoms with Gasteiger partial charge in [0.25, 0.3) is 11.8 Å². The van der Waals surface area contributed by atoms with Crippen molar-refractivity contribution in [3.05, 3.63) is 70.8 Å². The lowest BCUT2D eigenvalue weighted by atomic mass is 9.94. The van der Waals surface area contributed by atoms with Gasteiger partial charge in [-0.15, -0.1) is 11.3 Å². The van der Waals surface area contributed by atoms with E-state index in [0.717, 1.165) is 22.6 Å². The van der Waals surface area contributed by atoms with E-state index in [9.17, 15) is 9.59 Å². The number of imidazole rings is 1. The summed E-state index contributed by atoms with van der Waals surface area (Å²) in [6, 6.07) is 6.45. The Balaban J connectivity index is 1.59. The van der Waals surface area contributed by atoms with Gasteiger partial charge >= 0.3 is 0 Å². The number of benzene rings is 1. The molecule has 0 spiro atoms. The van der Waals surface area contributed by atoms with E-state index < -0.39 is 11.8 Å². The summed E-state index contributed by atoms with van der Waals surface area (Å²) in [5, 5.41) is 4.34. The first-order valence-corrected chi connectivity index (χ1v) is 11.1. The van der Waals surface area contributed by atoms with Crippen molar-refractivity contribution in [3.8, 4) is 0 Å². The van der Waals surface area contributed by atoms with Crippen LogP contribution in [0.2, 0.25) is 0 Å². The predicted molar refractivity (Wildman–Crippen MR) is 120 cm³/mol. The summed E-state index contributed by atoms with van der Waals surface area (Å²) in [6.45, 7) is 4.43. The standard InChI is InChI=1S/C23H19N5O2S/c1-12(2)15-10-13-4-3-5-14-19(24-6-8-27(15)20(13)14)18-17(21(29)26-22(18)30)16-11-31-23-25-7-9-28(16)23/h3-9,11-12,15H,10H2,1-2H3,(H,26,29,30). The van der Waals surface area contributed by atoms with Crippen molar-refractivity contribution in [2.75, 3.05) is 4.90 Å². The maximum absolute atomic E-state index is 13.0. The maximum Gasteiger partial charge on any atom is 0.261 e. The number of anilines is 1. The molecule has 154 valence electrons. The molecule has 8 heteroatoms. The Labute approximate surface area is 182 Å². The third-order valence-electron chi connectivity index (χ3n) is 6.19. The van der Waals surface area contributed by atoms with Gasteiger partial charge in [0.2, 0.25) is 0 Å². The molecule has 0 bridgehead atoms. The third kappa shape index (κ3) is 2.51. The zero-order chi connectivity index (χ0) is 21.3. The highest BCUT2D eigenvalue weighted by Crippen LogP contribution is 2.41. The summed E-state index contributed by atoms with van der Waals surface area (Å²) < 4.78 is 1.84. The molecule has 6 rings (SSSR count). The van der Waals surface area contributed by atoms with Crippen molar-refractivity contribution in [2.24, 2.45) is 10.9 Å². The second-order valence-electron chi connectivity index (χ2n) is 8.25. The summed E-state index contributed by atoms with van der Waals surface area (Å²) in [7, 11) is 0. The zero-order valence-electron chi connectivity index (χ0n) is 17.0. The van der Waals surface area contributed by atoms with E-state index in [1.54, 1.807) is 18.6 Å². The fraction of sp³-hybridized carbons (Fsp3) is 0.217. The van der Waals surface area contributed by atoms with Crippen LogP contribution in [0.1, 0.15) is 30.7 Å². The molecule has 3 aromatic rings. The monoisotopic (exact) mass is 429 g/mol. The van der Waals surface area contributed by atoms with Crippen LogP contribution in [-0.2, 0) is 16.0 Å². The summed E-state index contributed by atoms with van der Waals surface area (Å²) in [5.74, 6) is -0.372. The molecule has 1 aromatic carbocycles. The Morgan fingerprint density at radius 2 is 2.03 bits per heavy atom. The van der Waals surface area contributed by atoms with Crippen LogP contribution in [0.25, 0.3) is 10.5 Å². The summed E-state index contributed by atoms with van der Waals surface area (Å²) in [5.41, 5.74) is 5.01. The normalized spacial score (nSPS) is 20.0. The number of aromatic nitrogens is 2. The van der Waals surface area contributed by atoms with Gasteiger partial charge in [0.1, 0.15) is 0 Å². The Kier molecular flexibility index (Phi) is 3.82. The number of carbonyl (C=O) groups is 2. The Bertz CT molecular complexity index is 1370. The molecule has 7 nitrogen and oxygen atoms in total. The van der Waals surface area contributed by atoms with Gasteiger partial charge in [-0.05, 0) is 17.9 Å². The lowest BCUT2D eigenvalue weighted by Gasteiger charge is -2.27. The largest absolute Gasteiger partial charge is 0.342 e. The van der Waals surface area contributed by atoms with Crippen molar-refractivity contribution in [1.82, 2.24) is 14.7 Å². The molecule has 1 unspecified atom stereocenters. The molecule has 1 atom stereocenters. The SMILES string of the molecule is CC(C)C1Cc2cccc3c2N1C=CN=C3C1=C(c2csc3nccn23)C(=O)NC1=O. The molecule has 1 N–H and O–H groups in total. The first-order chi connectivity index (χ1) is 15.0. The number of para-hydroxylation sites is 1. The van der Waals surface area contributed by atoms with Crippen molar-refractivity contribution in [3.63, 3.8) is 0 Å². The van der Waals surface area contributed by atoms with E-state index in [1.807, 2.05) is 28.1 Å². The fourth-order valence-corrected chi connectivity index (χ4v) is 5.61. The van der Waals surface area contributed by atoms with Gasteiger partial charge in [0.05, 0.1) is 28.2 Å². The predicted octanol–water partition coefficient (Wildman–Crippen LogP) is 3.17. The van der Waals surface area contributed by atoms with Gasteiger partial charge < -0.3 is 4.90 Å². The van der Waals surface area contributed by atoms with Crippen molar-refractivity contribution >= 4 is 45.1 Å². The molecular formula is C23H19N5O2S. The molecule has 3 aliphatic heterocycles. The van der Waals surface area contributed by atoms with Gasteiger partial charge in [0.15, 0.2) is 4.96 Å². The molecule has 2 aromatic heterocycles. The molecule has 0 aliphatic carbocycles. The summed E-state index contributed by atoms with van der Waals surface area (Å²) >= 11 is 1.43. The second-order valence-corrected chi connectivity index (χ2v) is 9.08. The quantitative estimate of drug-likeness (QED) is 0.649. The number of nitrogens with one attached hydrogen (secondary N) is 1. The van der Waals surface area contributed by atoms with Crippen LogP contribution in [0.3, 0.4) is 0 Å². The van der Waals surface area contributed by atoms with Gasteiger partial charge in [-0.3, -0.25) is 24.3 Å². The summed E-state index contributed by atoms with van der Waals surface area (Å²) in [4.78, 5) is 37.9. The topological polar surface area (TPSA) is 79.1 Å². The Morgan fingerprint density at radius 3 is 2.87 bits per heavy atom. The van der Waals surface area contributed by atoms with E-state index >= 15 is 0 Å². The van der Waals surface area contributed by atoms with E-state index in [-0.39, 0.29) is 0 Å². The van der Waals surface area contributed by atoms with E-state index in [4.69, 9.17) is 0 Å². The molecule has 0 fully saturated rings. The molecule has 5 heterocycles. The molecule has 2 amide bonds. The Morgan fingerprint density at radius 1 is 1.19 bits per heavy atom. The van der Waals surface area contributed by atoms with Crippen molar-refractivity contribution < 1.29 is 9.59 Å². The molecular weight excluding hydrogens is 410 g/mol. The zero-order valence-corrected chi connectivity index (χ0v) is 17.8. The van der Waals surface area contributed by atoms with Crippen LogP contribution < -0.4 is 10.2 Å². The number of carbonyl (C=O) groups excluding carboxylic acids is 2. The minimum Gasteiger partial charge on any atom is -0.342 e. The number of nitrogens with zero attached hydrogens (tertiary/aromatic N) is 4. The average Bonchev–Trinajstić information content (AvgIpc) is 3.46. The highest BCUT2D eigenvalue weighted by atomic mass is 32.1. The first kappa shape index (κ1) is 18.3. The van der Waals surface area contributed by atoms with Crippen LogP contribution in [0.5, 0.6) is 0 Å². The van der Waals surface area contributed by atoms with Crippen molar-refractivity contribution in [2.45, 2.75) is 26.3 Å². The fourth-order valence-electron chi connectivity index (χ4n) is 4.76. The highest BCUT2D eigenvalue weighted by Gasteiger charge is 2.40. The average molecular weight is 430 g/mol. The molecule has 31 heavy (non-hydrogen) atoms.